The molecule has 1 saturated heterocycles. The summed E-state index contributed by atoms with van der Waals surface area (Å²) in [6.45, 7) is 2.87. The van der Waals surface area contributed by atoms with E-state index in [1.807, 2.05) is 36.4 Å². The monoisotopic (exact) mass is 409 g/mol. The van der Waals surface area contributed by atoms with Gasteiger partial charge in [-0.3, -0.25) is 4.79 Å². The maximum absolute atomic E-state index is 12.5. The second-order valence-corrected chi connectivity index (χ2v) is 7.55. The molecule has 3 rings (SSSR count). The highest BCUT2D eigenvalue weighted by Gasteiger charge is 2.20. The van der Waals surface area contributed by atoms with Crippen LogP contribution in [0.2, 0.25) is 0 Å². The molecule has 0 saturated carbocycles. The van der Waals surface area contributed by atoms with Crippen LogP contribution in [0.3, 0.4) is 0 Å². The number of carbonyl (C=O) groups excluding carboxylic acids is 1. The van der Waals surface area contributed by atoms with Crippen LogP contribution in [0.4, 0.5) is 5.69 Å². The van der Waals surface area contributed by atoms with Crippen molar-refractivity contribution in [1.29, 1.82) is 5.26 Å². The quantitative estimate of drug-likeness (QED) is 0.407. The molecule has 2 atom stereocenters. The maximum atomic E-state index is 12.5. The van der Waals surface area contributed by atoms with Gasteiger partial charge in [0.15, 0.2) is 0 Å². The molecule has 0 radical (unpaired) electrons. The topological polar surface area (TPSA) is 117 Å². The third-order valence-electron chi connectivity index (χ3n) is 5.56. The van der Waals surface area contributed by atoms with Crippen LogP contribution in [0.15, 0.2) is 42.0 Å². The Bertz CT molecular complexity index is 990. The predicted octanol–water partition coefficient (Wildman–Crippen LogP) is 1.57. The second kappa shape index (κ2) is 9.72. The molecule has 7 nitrogen and oxygen atoms in total. The van der Waals surface area contributed by atoms with Gasteiger partial charge in [0, 0.05) is 30.7 Å². The van der Waals surface area contributed by atoms with Crippen molar-refractivity contribution < 1.29 is 20.1 Å². The van der Waals surface area contributed by atoms with Gasteiger partial charge in [-0.15, -0.1) is 0 Å². The molecule has 1 aliphatic rings. The number of allylic oxidation sites excluding steroid dienone is 1. The molecule has 0 bridgehead atoms. The fraction of sp³-hybridized carbons (Fsp3) is 0.391. The van der Waals surface area contributed by atoms with E-state index in [1.165, 1.54) is 12.8 Å². The first kappa shape index (κ1) is 21.8. The van der Waals surface area contributed by atoms with Crippen LogP contribution in [-0.2, 0) is 4.79 Å². The molecule has 0 aliphatic carbocycles. The minimum atomic E-state index is -1.36. The van der Waals surface area contributed by atoms with Crippen LogP contribution in [0, 0.1) is 11.3 Å². The summed E-state index contributed by atoms with van der Waals surface area (Å²) < 4.78 is 0. The molecule has 1 amide bonds. The fourth-order valence-corrected chi connectivity index (χ4v) is 3.72. The summed E-state index contributed by atoms with van der Waals surface area (Å²) in [7, 11) is 0. The Morgan fingerprint density at radius 1 is 1.20 bits per heavy atom. The molecule has 0 aromatic heterocycles. The number of rotatable bonds is 7. The van der Waals surface area contributed by atoms with Crippen molar-refractivity contribution in [3.63, 3.8) is 0 Å². The first-order valence-corrected chi connectivity index (χ1v) is 10.1. The van der Waals surface area contributed by atoms with Gasteiger partial charge in [0.05, 0.1) is 12.7 Å². The minimum absolute atomic E-state index is 0.0568. The van der Waals surface area contributed by atoms with Crippen molar-refractivity contribution in [2.45, 2.75) is 32.0 Å². The average molecular weight is 409 g/mol. The van der Waals surface area contributed by atoms with Gasteiger partial charge in [-0.25, -0.2) is 0 Å². The van der Waals surface area contributed by atoms with Gasteiger partial charge in [0.25, 0.3) is 5.91 Å². The minimum Gasteiger partial charge on any atom is -0.394 e. The molecule has 0 spiro atoms. The Balaban J connectivity index is 1.90. The number of aliphatic hydroxyl groups excluding tert-OH is 3. The zero-order valence-electron chi connectivity index (χ0n) is 17.0. The number of fused-ring (bicyclic) bond motifs is 1. The summed E-state index contributed by atoms with van der Waals surface area (Å²) >= 11 is 0. The van der Waals surface area contributed by atoms with Crippen molar-refractivity contribution in [2.24, 2.45) is 0 Å². The lowest BCUT2D eigenvalue weighted by Crippen LogP contribution is -2.41. The molecule has 2 aromatic carbocycles. The molecule has 1 heterocycles. The first-order valence-electron chi connectivity index (χ1n) is 10.1. The van der Waals surface area contributed by atoms with E-state index in [-0.39, 0.29) is 12.1 Å². The lowest BCUT2D eigenvalue weighted by Gasteiger charge is -2.20. The molecule has 158 valence electrons. The van der Waals surface area contributed by atoms with E-state index in [2.05, 4.69) is 16.3 Å². The Morgan fingerprint density at radius 2 is 1.93 bits per heavy atom. The van der Waals surface area contributed by atoms with Crippen molar-refractivity contribution in [2.75, 3.05) is 31.1 Å². The summed E-state index contributed by atoms with van der Waals surface area (Å²) in [5.74, 6) is -0.632. The highest BCUT2D eigenvalue weighted by Crippen LogP contribution is 2.32. The van der Waals surface area contributed by atoms with Crippen LogP contribution in [0.25, 0.3) is 16.3 Å². The second-order valence-electron chi connectivity index (χ2n) is 7.55. The lowest BCUT2D eigenvalue weighted by atomic mass is 9.97. The van der Waals surface area contributed by atoms with E-state index in [0.717, 1.165) is 35.1 Å². The molecule has 2 unspecified atom stereocenters. The Morgan fingerprint density at radius 3 is 2.60 bits per heavy atom. The Kier molecular flexibility index (Phi) is 7.06. The third kappa shape index (κ3) is 4.62. The van der Waals surface area contributed by atoms with Crippen LogP contribution < -0.4 is 10.2 Å². The van der Waals surface area contributed by atoms with Crippen LogP contribution >= 0.6 is 0 Å². The zero-order valence-corrected chi connectivity index (χ0v) is 17.0. The van der Waals surface area contributed by atoms with E-state index in [1.54, 1.807) is 6.92 Å². The van der Waals surface area contributed by atoms with Crippen molar-refractivity contribution in [1.82, 2.24) is 5.32 Å². The summed E-state index contributed by atoms with van der Waals surface area (Å²) in [4.78, 5) is 14.8. The molecular weight excluding hydrogens is 382 g/mol. The van der Waals surface area contributed by atoms with Crippen molar-refractivity contribution >= 4 is 27.9 Å². The highest BCUT2D eigenvalue weighted by atomic mass is 16.4. The number of benzene rings is 2. The van der Waals surface area contributed by atoms with E-state index >= 15 is 0 Å². The molecule has 1 aliphatic heterocycles. The molecule has 7 heteroatoms. The van der Waals surface area contributed by atoms with E-state index in [4.69, 9.17) is 5.11 Å². The van der Waals surface area contributed by atoms with Gasteiger partial charge in [0.2, 0.25) is 0 Å². The number of nitrogens with zero attached hydrogens (tertiary/aromatic N) is 2. The highest BCUT2D eigenvalue weighted by molar-refractivity contribution is 6.05. The smallest absolute Gasteiger partial charge is 0.262 e. The first-order chi connectivity index (χ1) is 14.5. The van der Waals surface area contributed by atoms with Gasteiger partial charge < -0.3 is 25.5 Å². The normalized spacial score (nSPS) is 16.7. The summed E-state index contributed by atoms with van der Waals surface area (Å²) in [6.07, 6.45) is -0.330. The van der Waals surface area contributed by atoms with Gasteiger partial charge in [-0.05, 0) is 48.4 Å². The largest absolute Gasteiger partial charge is 0.394 e. The number of aliphatic hydroxyl groups is 3. The molecule has 30 heavy (non-hydrogen) atoms. The number of nitrogens with one attached hydrogen (secondary N) is 1. The van der Waals surface area contributed by atoms with Crippen molar-refractivity contribution in [3.8, 4) is 6.07 Å². The van der Waals surface area contributed by atoms with Gasteiger partial charge >= 0.3 is 0 Å². The van der Waals surface area contributed by atoms with Gasteiger partial charge in [-0.2, -0.15) is 5.26 Å². The zero-order chi connectivity index (χ0) is 21.7. The summed E-state index contributed by atoms with van der Waals surface area (Å²) in [6, 6.07) is 14.0. The van der Waals surface area contributed by atoms with Crippen LogP contribution in [0.5, 0.6) is 0 Å². The number of carbonyl (C=O) groups is 1. The number of amides is 1. The standard InChI is InChI=1S/C23H27N3O4/c1-15(19(12-24)23(30)25-13-21(28)22(29)14-27)17-8-7-16-5-4-6-20(18(16)11-17)26-9-2-3-10-26/h4-8,11,21-22,27-29H,2-3,9-10,13-14H2,1H3,(H,25,30)/b19-15+. The Hall–Kier alpha value is -2.92. The van der Waals surface area contributed by atoms with Gasteiger partial charge in [0.1, 0.15) is 17.7 Å². The van der Waals surface area contributed by atoms with E-state index in [0.29, 0.717) is 5.57 Å². The average Bonchev–Trinajstić information content (AvgIpc) is 3.31. The SMILES string of the molecule is C/C(=C(/C#N)C(=O)NCC(O)C(O)CO)c1ccc2cccc(N3CCCC3)c2c1. The molecular formula is C23H27N3O4. The Labute approximate surface area is 175 Å². The number of anilines is 1. The molecule has 4 N–H and O–H groups in total. The third-order valence-corrected chi connectivity index (χ3v) is 5.56. The fourth-order valence-electron chi connectivity index (χ4n) is 3.72. The predicted molar refractivity (Wildman–Crippen MR) is 116 cm³/mol. The van der Waals surface area contributed by atoms with Crippen molar-refractivity contribution in [3.05, 3.63) is 47.5 Å². The molecule has 2 aromatic rings. The number of hydrogen-bond acceptors (Lipinski definition) is 6. The number of nitriles is 1. The van der Waals surface area contributed by atoms with Gasteiger partial charge in [-0.1, -0.05) is 24.3 Å². The van der Waals surface area contributed by atoms with Crippen LogP contribution in [0.1, 0.15) is 25.3 Å². The molecule has 1 fully saturated rings. The maximum Gasteiger partial charge on any atom is 0.262 e. The summed E-state index contributed by atoms with van der Waals surface area (Å²) in [5, 5.41) is 42.2. The van der Waals surface area contributed by atoms with E-state index in [9.17, 15) is 20.3 Å². The number of hydrogen-bond donors (Lipinski definition) is 4. The lowest BCUT2D eigenvalue weighted by molar-refractivity contribution is -0.118. The van der Waals surface area contributed by atoms with Crippen LogP contribution in [-0.4, -0.2) is 59.7 Å². The summed E-state index contributed by atoms with van der Waals surface area (Å²) in [5.41, 5.74) is 2.41. The van der Waals surface area contributed by atoms with E-state index < -0.39 is 24.7 Å².